The summed E-state index contributed by atoms with van der Waals surface area (Å²) in [6, 6.07) is 9.79. The summed E-state index contributed by atoms with van der Waals surface area (Å²) in [5.41, 5.74) is 1.03. The third-order valence-corrected chi connectivity index (χ3v) is 3.80. The highest BCUT2D eigenvalue weighted by atomic mass is 16.6. The first-order valence-electron chi connectivity index (χ1n) is 6.62. The van der Waals surface area contributed by atoms with Crippen LogP contribution in [0.2, 0.25) is 0 Å². The predicted molar refractivity (Wildman–Crippen MR) is 71.1 cm³/mol. The molecule has 1 heterocycles. The first-order chi connectivity index (χ1) is 8.66. The van der Waals surface area contributed by atoms with E-state index in [0.717, 1.165) is 25.1 Å². The van der Waals surface area contributed by atoms with E-state index in [9.17, 15) is 4.79 Å². The monoisotopic (exact) mass is 247 g/mol. The Morgan fingerprint density at radius 3 is 2.67 bits per heavy atom. The standard InChI is InChI=1S/C15H21NO2/c1-12-8-9-16(10-13(12)2)15(17)18-11-14-6-4-3-5-7-14/h3-7,12-13H,8-11H2,1-2H3/t12-,13-/m0/s1. The molecule has 0 radical (unpaired) electrons. The van der Waals surface area contributed by atoms with Crippen molar-refractivity contribution < 1.29 is 9.53 Å². The Labute approximate surface area is 109 Å². The van der Waals surface area contributed by atoms with Crippen molar-refractivity contribution in [2.24, 2.45) is 11.8 Å². The molecule has 0 spiro atoms. The van der Waals surface area contributed by atoms with Crippen molar-refractivity contribution in [3.8, 4) is 0 Å². The molecule has 1 saturated heterocycles. The van der Waals surface area contributed by atoms with E-state index in [4.69, 9.17) is 4.74 Å². The molecule has 1 fully saturated rings. The summed E-state index contributed by atoms with van der Waals surface area (Å²) >= 11 is 0. The fraction of sp³-hybridized carbons (Fsp3) is 0.533. The molecular weight excluding hydrogens is 226 g/mol. The van der Waals surface area contributed by atoms with Gasteiger partial charge in [0.1, 0.15) is 6.61 Å². The molecule has 18 heavy (non-hydrogen) atoms. The molecule has 1 amide bonds. The number of amides is 1. The molecular formula is C15H21NO2. The number of ether oxygens (including phenoxy) is 1. The average Bonchev–Trinajstić information content (AvgIpc) is 2.40. The summed E-state index contributed by atoms with van der Waals surface area (Å²) in [5, 5.41) is 0. The van der Waals surface area contributed by atoms with E-state index in [-0.39, 0.29) is 6.09 Å². The zero-order chi connectivity index (χ0) is 13.0. The van der Waals surface area contributed by atoms with Gasteiger partial charge in [0.25, 0.3) is 0 Å². The fourth-order valence-corrected chi connectivity index (χ4v) is 2.24. The molecule has 1 aromatic carbocycles. The Balaban J connectivity index is 1.82. The van der Waals surface area contributed by atoms with Crippen LogP contribution in [-0.4, -0.2) is 24.1 Å². The van der Waals surface area contributed by atoms with Crippen molar-refractivity contribution in [2.45, 2.75) is 26.9 Å². The smallest absolute Gasteiger partial charge is 0.410 e. The van der Waals surface area contributed by atoms with Crippen molar-refractivity contribution in [1.29, 1.82) is 0 Å². The molecule has 0 unspecified atom stereocenters. The third kappa shape index (κ3) is 3.25. The van der Waals surface area contributed by atoms with Gasteiger partial charge in [-0.2, -0.15) is 0 Å². The van der Waals surface area contributed by atoms with Gasteiger partial charge in [0.2, 0.25) is 0 Å². The van der Waals surface area contributed by atoms with Crippen LogP contribution < -0.4 is 0 Å². The highest BCUT2D eigenvalue weighted by Gasteiger charge is 2.26. The lowest BCUT2D eigenvalue weighted by Crippen LogP contribution is -2.42. The minimum absolute atomic E-state index is 0.183. The van der Waals surface area contributed by atoms with Crippen molar-refractivity contribution in [1.82, 2.24) is 4.90 Å². The number of carbonyl (C=O) groups is 1. The van der Waals surface area contributed by atoms with Gasteiger partial charge < -0.3 is 9.64 Å². The average molecular weight is 247 g/mol. The Hall–Kier alpha value is -1.51. The van der Waals surface area contributed by atoms with E-state index >= 15 is 0 Å². The maximum Gasteiger partial charge on any atom is 0.410 e. The maximum absolute atomic E-state index is 11.9. The first kappa shape index (κ1) is 12.9. The Bertz CT molecular complexity index is 391. The Morgan fingerprint density at radius 1 is 1.28 bits per heavy atom. The molecule has 0 bridgehead atoms. The maximum atomic E-state index is 11.9. The molecule has 0 aromatic heterocycles. The van der Waals surface area contributed by atoms with Crippen LogP contribution in [0.25, 0.3) is 0 Å². The zero-order valence-corrected chi connectivity index (χ0v) is 11.1. The first-order valence-corrected chi connectivity index (χ1v) is 6.62. The quantitative estimate of drug-likeness (QED) is 0.802. The van der Waals surface area contributed by atoms with Crippen molar-refractivity contribution in [3.63, 3.8) is 0 Å². The number of likely N-dealkylation sites (tertiary alicyclic amines) is 1. The van der Waals surface area contributed by atoms with Crippen LogP contribution in [0.4, 0.5) is 4.79 Å². The third-order valence-electron chi connectivity index (χ3n) is 3.80. The number of rotatable bonds is 2. The van der Waals surface area contributed by atoms with E-state index < -0.39 is 0 Å². The topological polar surface area (TPSA) is 29.5 Å². The number of nitrogens with zero attached hydrogens (tertiary/aromatic N) is 1. The second-order valence-corrected chi connectivity index (χ2v) is 5.23. The molecule has 98 valence electrons. The summed E-state index contributed by atoms with van der Waals surface area (Å²) in [7, 11) is 0. The van der Waals surface area contributed by atoms with Crippen molar-refractivity contribution in [2.75, 3.05) is 13.1 Å². The molecule has 2 atom stereocenters. The molecule has 1 aliphatic rings. The number of hydrogen-bond acceptors (Lipinski definition) is 2. The van der Waals surface area contributed by atoms with Crippen LogP contribution in [0, 0.1) is 11.8 Å². The van der Waals surface area contributed by atoms with E-state index in [2.05, 4.69) is 13.8 Å². The van der Waals surface area contributed by atoms with Gasteiger partial charge in [-0.1, -0.05) is 44.2 Å². The van der Waals surface area contributed by atoms with E-state index in [1.54, 1.807) is 0 Å². The largest absolute Gasteiger partial charge is 0.445 e. The highest BCUT2D eigenvalue weighted by Crippen LogP contribution is 2.22. The SMILES string of the molecule is C[C@H]1CCN(C(=O)OCc2ccccc2)C[C@@H]1C. The van der Waals surface area contributed by atoms with Crippen LogP contribution in [0.5, 0.6) is 0 Å². The van der Waals surface area contributed by atoms with Gasteiger partial charge in [0, 0.05) is 13.1 Å². The number of benzene rings is 1. The number of hydrogen-bond donors (Lipinski definition) is 0. The van der Waals surface area contributed by atoms with Crippen LogP contribution in [0.3, 0.4) is 0 Å². The van der Waals surface area contributed by atoms with Crippen LogP contribution in [0.15, 0.2) is 30.3 Å². The summed E-state index contributed by atoms with van der Waals surface area (Å²) in [6.07, 6.45) is 0.888. The number of carbonyl (C=O) groups excluding carboxylic acids is 1. The van der Waals surface area contributed by atoms with Crippen LogP contribution in [-0.2, 0) is 11.3 Å². The molecule has 0 aliphatic carbocycles. The van der Waals surface area contributed by atoms with Crippen molar-refractivity contribution >= 4 is 6.09 Å². The van der Waals surface area contributed by atoms with Gasteiger partial charge in [-0.15, -0.1) is 0 Å². The van der Waals surface area contributed by atoms with Crippen LogP contribution in [0.1, 0.15) is 25.8 Å². The van der Waals surface area contributed by atoms with Gasteiger partial charge >= 0.3 is 6.09 Å². The lowest BCUT2D eigenvalue weighted by atomic mass is 9.89. The van der Waals surface area contributed by atoms with Gasteiger partial charge in [-0.3, -0.25) is 0 Å². The molecule has 0 N–H and O–H groups in total. The lowest BCUT2D eigenvalue weighted by molar-refractivity contribution is 0.0703. The van der Waals surface area contributed by atoms with E-state index in [1.165, 1.54) is 0 Å². The molecule has 3 nitrogen and oxygen atoms in total. The van der Waals surface area contributed by atoms with E-state index in [1.807, 2.05) is 35.2 Å². The second-order valence-electron chi connectivity index (χ2n) is 5.23. The van der Waals surface area contributed by atoms with Gasteiger partial charge in [-0.25, -0.2) is 4.79 Å². The van der Waals surface area contributed by atoms with Crippen molar-refractivity contribution in [3.05, 3.63) is 35.9 Å². The predicted octanol–water partition coefficient (Wildman–Crippen LogP) is 3.30. The minimum atomic E-state index is -0.183. The molecule has 1 aliphatic heterocycles. The summed E-state index contributed by atoms with van der Waals surface area (Å²) in [4.78, 5) is 13.8. The lowest BCUT2D eigenvalue weighted by Gasteiger charge is -2.34. The zero-order valence-electron chi connectivity index (χ0n) is 11.1. The van der Waals surface area contributed by atoms with Gasteiger partial charge in [0.15, 0.2) is 0 Å². The molecule has 1 aromatic rings. The Morgan fingerprint density at radius 2 is 2.00 bits per heavy atom. The minimum Gasteiger partial charge on any atom is -0.445 e. The highest BCUT2D eigenvalue weighted by molar-refractivity contribution is 5.67. The second kappa shape index (κ2) is 5.89. The molecule has 3 heteroatoms. The normalized spacial score (nSPS) is 23.8. The van der Waals surface area contributed by atoms with Gasteiger partial charge in [0.05, 0.1) is 0 Å². The summed E-state index contributed by atoms with van der Waals surface area (Å²) in [6.45, 7) is 6.44. The molecule has 2 rings (SSSR count). The number of piperidine rings is 1. The molecule has 0 saturated carbocycles. The van der Waals surface area contributed by atoms with Gasteiger partial charge in [-0.05, 0) is 23.8 Å². The van der Waals surface area contributed by atoms with E-state index in [0.29, 0.717) is 18.4 Å². The summed E-state index contributed by atoms with van der Waals surface area (Å²) < 4.78 is 5.34. The Kier molecular flexibility index (Phi) is 4.24. The summed E-state index contributed by atoms with van der Waals surface area (Å²) in [5.74, 6) is 1.26. The fourth-order valence-electron chi connectivity index (χ4n) is 2.24. The van der Waals surface area contributed by atoms with Crippen LogP contribution >= 0.6 is 0 Å².